The van der Waals surface area contributed by atoms with E-state index in [1.165, 1.54) is 5.56 Å². The van der Waals surface area contributed by atoms with Crippen LogP contribution in [-0.4, -0.2) is 32.3 Å². The van der Waals surface area contributed by atoms with Gasteiger partial charge in [0.2, 0.25) is 5.91 Å². The number of methoxy groups -OCH3 is 1. The first-order valence-electron chi connectivity index (χ1n) is 9.82. The van der Waals surface area contributed by atoms with Gasteiger partial charge in [0, 0.05) is 24.8 Å². The van der Waals surface area contributed by atoms with Gasteiger partial charge in [-0.2, -0.15) is 0 Å². The molecule has 0 spiro atoms. The van der Waals surface area contributed by atoms with Gasteiger partial charge >= 0.3 is 0 Å². The minimum absolute atomic E-state index is 0.197. The summed E-state index contributed by atoms with van der Waals surface area (Å²) in [6.45, 7) is 1.30. The van der Waals surface area contributed by atoms with Gasteiger partial charge < -0.3 is 14.8 Å². The van der Waals surface area contributed by atoms with E-state index in [-0.39, 0.29) is 11.3 Å². The second-order valence-corrected chi connectivity index (χ2v) is 7.67. The maximum absolute atomic E-state index is 13.2. The standard InChI is InChI=1S/C23H27NO3/c1-26-21-9-5-4-8-20(21)19-7-3-2-6-17(19)16-23(12-14-27-15-13-23)22(25)24-18-10-11-18/h2-9,18H,10-16H2,1H3,(H,24,25). The third-order valence-corrected chi connectivity index (χ3v) is 5.79. The van der Waals surface area contributed by atoms with Crippen molar-refractivity contribution in [1.82, 2.24) is 5.32 Å². The summed E-state index contributed by atoms with van der Waals surface area (Å²) in [5, 5.41) is 3.25. The Kier molecular flexibility index (Phi) is 5.17. The zero-order valence-electron chi connectivity index (χ0n) is 15.9. The van der Waals surface area contributed by atoms with Crippen molar-refractivity contribution in [3.8, 4) is 16.9 Å². The quantitative estimate of drug-likeness (QED) is 0.842. The lowest BCUT2D eigenvalue weighted by Crippen LogP contribution is -2.46. The number of hydrogen-bond donors (Lipinski definition) is 1. The third-order valence-electron chi connectivity index (χ3n) is 5.79. The maximum Gasteiger partial charge on any atom is 0.226 e. The van der Waals surface area contributed by atoms with Crippen LogP contribution in [-0.2, 0) is 16.0 Å². The fourth-order valence-electron chi connectivity index (χ4n) is 3.98. The molecule has 0 unspecified atom stereocenters. The molecule has 2 aromatic rings. The van der Waals surface area contributed by atoms with Crippen LogP contribution >= 0.6 is 0 Å². The van der Waals surface area contributed by atoms with Crippen molar-refractivity contribution >= 4 is 5.91 Å². The van der Waals surface area contributed by atoms with E-state index in [9.17, 15) is 4.79 Å². The molecule has 1 aliphatic heterocycles. The van der Waals surface area contributed by atoms with Crippen LogP contribution in [0.5, 0.6) is 5.75 Å². The average Bonchev–Trinajstić information content (AvgIpc) is 3.53. The van der Waals surface area contributed by atoms with Gasteiger partial charge in [-0.3, -0.25) is 4.79 Å². The van der Waals surface area contributed by atoms with Crippen molar-refractivity contribution in [1.29, 1.82) is 0 Å². The molecule has 142 valence electrons. The summed E-state index contributed by atoms with van der Waals surface area (Å²) in [4.78, 5) is 13.2. The van der Waals surface area contributed by atoms with Crippen molar-refractivity contribution in [2.45, 2.75) is 38.1 Å². The van der Waals surface area contributed by atoms with Crippen LogP contribution in [0, 0.1) is 5.41 Å². The Bertz CT molecular complexity index is 807. The summed E-state index contributed by atoms with van der Waals surface area (Å²) >= 11 is 0. The maximum atomic E-state index is 13.2. The fourth-order valence-corrected chi connectivity index (χ4v) is 3.98. The highest BCUT2D eigenvalue weighted by atomic mass is 16.5. The Labute approximate surface area is 160 Å². The Morgan fingerprint density at radius 3 is 2.44 bits per heavy atom. The molecule has 0 atom stereocenters. The second-order valence-electron chi connectivity index (χ2n) is 7.67. The molecular formula is C23H27NO3. The van der Waals surface area contributed by atoms with Crippen molar-refractivity contribution in [2.24, 2.45) is 5.41 Å². The number of amides is 1. The Balaban J connectivity index is 1.69. The molecule has 4 heteroatoms. The predicted octanol–water partition coefficient (Wildman–Crippen LogP) is 3.98. The zero-order valence-corrected chi connectivity index (χ0v) is 15.9. The summed E-state index contributed by atoms with van der Waals surface area (Å²) in [6.07, 6.45) is 4.48. The normalized spacial score (nSPS) is 18.7. The molecule has 0 radical (unpaired) electrons. The summed E-state index contributed by atoms with van der Waals surface area (Å²) < 4.78 is 11.2. The first-order valence-corrected chi connectivity index (χ1v) is 9.82. The van der Waals surface area contributed by atoms with Gasteiger partial charge in [-0.05, 0) is 49.3 Å². The molecular weight excluding hydrogens is 338 g/mol. The third kappa shape index (κ3) is 3.86. The van der Waals surface area contributed by atoms with E-state index in [0.29, 0.717) is 19.3 Å². The van der Waals surface area contributed by atoms with E-state index in [1.54, 1.807) is 7.11 Å². The van der Waals surface area contributed by atoms with Gasteiger partial charge in [0.1, 0.15) is 5.75 Å². The Morgan fingerprint density at radius 1 is 1.07 bits per heavy atom. The van der Waals surface area contributed by atoms with E-state index in [4.69, 9.17) is 9.47 Å². The zero-order chi connectivity index (χ0) is 18.7. The van der Waals surface area contributed by atoms with Crippen LogP contribution in [0.2, 0.25) is 0 Å². The molecule has 2 aliphatic rings. The molecule has 1 saturated carbocycles. The number of carbonyl (C=O) groups excluding carboxylic acids is 1. The van der Waals surface area contributed by atoms with Crippen LogP contribution in [0.1, 0.15) is 31.2 Å². The van der Waals surface area contributed by atoms with E-state index in [2.05, 4.69) is 29.6 Å². The van der Waals surface area contributed by atoms with Crippen LogP contribution in [0.4, 0.5) is 0 Å². The number of carbonyl (C=O) groups is 1. The van der Waals surface area contributed by atoms with Crippen molar-refractivity contribution in [3.63, 3.8) is 0 Å². The number of para-hydroxylation sites is 1. The lowest BCUT2D eigenvalue weighted by Gasteiger charge is -2.36. The second kappa shape index (κ2) is 7.73. The Morgan fingerprint density at radius 2 is 1.74 bits per heavy atom. The van der Waals surface area contributed by atoms with Gasteiger partial charge in [0.15, 0.2) is 0 Å². The van der Waals surface area contributed by atoms with Crippen LogP contribution in [0.15, 0.2) is 48.5 Å². The summed E-state index contributed by atoms with van der Waals surface area (Å²) in [5.41, 5.74) is 3.01. The Hall–Kier alpha value is -2.33. The number of rotatable bonds is 6. The molecule has 1 N–H and O–H groups in total. The molecule has 2 aromatic carbocycles. The van der Waals surface area contributed by atoms with E-state index in [1.807, 2.05) is 24.3 Å². The minimum atomic E-state index is -0.390. The first-order chi connectivity index (χ1) is 13.2. The monoisotopic (exact) mass is 365 g/mol. The molecule has 1 heterocycles. The largest absolute Gasteiger partial charge is 0.496 e. The van der Waals surface area contributed by atoms with E-state index >= 15 is 0 Å². The van der Waals surface area contributed by atoms with Crippen molar-refractivity contribution < 1.29 is 14.3 Å². The number of hydrogen-bond acceptors (Lipinski definition) is 3. The molecule has 0 aromatic heterocycles. The van der Waals surface area contributed by atoms with E-state index < -0.39 is 0 Å². The van der Waals surface area contributed by atoms with Gasteiger partial charge in [0.25, 0.3) is 0 Å². The first kappa shape index (κ1) is 18.1. The summed E-state index contributed by atoms with van der Waals surface area (Å²) in [7, 11) is 1.70. The van der Waals surface area contributed by atoms with Crippen LogP contribution in [0.3, 0.4) is 0 Å². The topological polar surface area (TPSA) is 47.6 Å². The highest BCUT2D eigenvalue weighted by Gasteiger charge is 2.42. The number of ether oxygens (including phenoxy) is 2. The predicted molar refractivity (Wildman–Crippen MR) is 106 cm³/mol. The molecule has 4 rings (SSSR count). The number of nitrogens with one attached hydrogen (secondary N) is 1. The van der Waals surface area contributed by atoms with E-state index in [0.717, 1.165) is 49.0 Å². The van der Waals surface area contributed by atoms with Crippen LogP contribution < -0.4 is 10.1 Å². The molecule has 27 heavy (non-hydrogen) atoms. The molecule has 1 aliphatic carbocycles. The van der Waals surface area contributed by atoms with Gasteiger partial charge in [-0.15, -0.1) is 0 Å². The minimum Gasteiger partial charge on any atom is -0.496 e. The summed E-state index contributed by atoms with van der Waals surface area (Å²) in [6, 6.07) is 16.8. The number of benzene rings is 2. The highest BCUT2D eigenvalue weighted by Crippen LogP contribution is 2.40. The highest BCUT2D eigenvalue weighted by molar-refractivity contribution is 5.84. The molecule has 2 fully saturated rings. The molecule has 4 nitrogen and oxygen atoms in total. The fraction of sp³-hybridized carbons (Fsp3) is 0.435. The van der Waals surface area contributed by atoms with Crippen molar-refractivity contribution in [3.05, 3.63) is 54.1 Å². The summed E-state index contributed by atoms with van der Waals surface area (Å²) in [5.74, 6) is 1.05. The van der Waals surface area contributed by atoms with Gasteiger partial charge in [-0.1, -0.05) is 42.5 Å². The van der Waals surface area contributed by atoms with Gasteiger partial charge in [0.05, 0.1) is 12.5 Å². The van der Waals surface area contributed by atoms with Crippen molar-refractivity contribution in [2.75, 3.05) is 20.3 Å². The lowest BCUT2D eigenvalue weighted by molar-refractivity contribution is -0.136. The van der Waals surface area contributed by atoms with Gasteiger partial charge in [-0.25, -0.2) is 0 Å². The molecule has 1 saturated heterocycles. The molecule has 0 bridgehead atoms. The lowest BCUT2D eigenvalue weighted by atomic mass is 9.73. The van der Waals surface area contributed by atoms with Crippen LogP contribution in [0.25, 0.3) is 11.1 Å². The molecule has 1 amide bonds. The smallest absolute Gasteiger partial charge is 0.226 e. The SMILES string of the molecule is COc1ccccc1-c1ccccc1CC1(C(=O)NC2CC2)CCOCC1. The average molecular weight is 365 g/mol.